The Balaban J connectivity index is 1.49. The number of rotatable bonds is 6. The predicted octanol–water partition coefficient (Wildman–Crippen LogP) is 3.18. The van der Waals surface area contributed by atoms with Gasteiger partial charge in [-0.15, -0.1) is 11.3 Å². The van der Waals surface area contributed by atoms with Gasteiger partial charge in [-0.05, 0) is 36.9 Å². The summed E-state index contributed by atoms with van der Waals surface area (Å²) in [5, 5.41) is 3.83. The van der Waals surface area contributed by atoms with E-state index in [1.165, 1.54) is 12.1 Å². The van der Waals surface area contributed by atoms with Crippen LogP contribution in [0.4, 0.5) is 4.39 Å². The fourth-order valence-corrected chi connectivity index (χ4v) is 3.43. The number of aromatic nitrogens is 1. The Labute approximate surface area is 143 Å². The highest BCUT2D eigenvalue weighted by Gasteiger charge is 2.10. The molecule has 0 saturated heterocycles. The first kappa shape index (κ1) is 16.5. The molecule has 0 aliphatic rings. The molecular formula is C18H18FN3OS. The molecule has 0 radical (unpaired) electrons. The zero-order valence-corrected chi connectivity index (χ0v) is 14.1. The Hall–Kier alpha value is -2.31. The number of benzene rings is 2. The topological polar surface area (TPSA) is 45.2 Å². The summed E-state index contributed by atoms with van der Waals surface area (Å²) in [6.45, 7) is 1.31. The number of fused-ring (bicyclic) bond motifs is 1. The molecule has 0 unspecified atom stereocenters. The Morgan fingerprint density at radius 3 is 2.71 bits per heavy atom. The average Bonchev–Trinajstić information content (AvgIpc) is 2.96. The van der Waals surface area contributed by atoms with Gasteiger partial charge in [0.15, 0.2) is 0 Å². The third-order valence-electron chi connectivity index (χ3n) is 3.56. The maximum Gasteiger partial charge on any atom is 0.234 e. The number of carbonyl (C=O) groups excluding carboxylic acids is 1. The van der Waals surface area contributed by atoms with E-state index in [4.69, 9.17) is 0 Å². The molecule has 1 heterocycles. The number of para-hydroxylation sites is 1. The molecule has 6 heteroatoms. The lowest BCUT2D eigenvalue weighted by Crippen LogP contribution is -2.34. The average molecular weight is 343 g/mol. The summed E-state index contributed by atoms with van der Waals surface area (Å²) < 4.78 is 14.0. The van der Waals surface area contributed by atoms with Crippen molar-refractivity contribution in [1.82, 2.24) is 15.2 Å². The molecule has 1 aromatic heterocycles. The summed E-state index contributed by atoms with van der Waals surface area (Å²) in [6, 6.07) is 14.1. The molecule has 1 N–H and O–H groups in total. The van der Waals surface area contributed by atoms with Crippen molar-refractivity contribution in [2.45, 2.75) is 13.1 Å². The van der Waals surface area contributed by atoms with Gasteiger partial charge < -0.3 is 5.32 Å². The van der Waals surface area contributed by atoms with E-state index in [2.05, 4.69) is 10.3 Å². The van der Waals surface area contributed by atoms with E-state index >= 15 is 0 Å². The van der Waals surface area contributed by atoms with Gasteiger partial charge >= 0.3 is 0 Å². The normalized spacial score (nSPS) is 11.1. The van der Waals surface area contributed by atoms with Crippen molar-refractivity contribution in [3.8, 4) is 0 Å². The number of amides is 1. The molecule has 0 saturated carbocycles. The highest BCUT2D eigenvalue weighted by molar-refractivity contribution is 7.18. The van der Waals surface area contributed by atoms with Gasteiger partial charge in [-0.1, -0.05) is 24.3 Å². The van der Waals surface area contributed by atoms with Crippen LogP contribution in [0.1, 0.15) is 10.6 Å². The maximum absolute atomic E-state index is 12.8. The van der Waals surface area contributed by atoms with Crippen LogP contribution < -0.4 is 5.32 Å². The number of hydrogen-bond donors (Lipinski definition) is 1. The molecule has 124 valence electrons. The largest absolute Gasteiger partial charge is 0.351 e. The monoisotopic (exact) mass is 343 g/mol. The summed E-state index contributed by atoms with van der Waals surface area (Å²) in [5.41, 5.74) is 1.87. The van der Waals surface area contributed by atoms with Gasteiger partial charge in [0.05, 0.1) is 23.3 Å². The van der Waals surface area contributed by atoms with Crippen LogP contribution in [0.25, 0.3) is 10.2 Å². The van der Waals surface area contributed by atoms with Crippen molar-refractivity contribution in [2.75, 3.05) is 13.6 Å². The Kier molecular flexibility index (Phi) is 5.17. The minimum Gasteiger partial charge on any atom is -0.351 e. The number of thiazole rings is 1. The SMILES string of the molecule is CN(CC(=O)NCc1ccc(F)cc1)Cc1nc2ccccc2s1. The summed E-state index contributed by atoms with van der Waals surface area (Å²) in [4.78, 5) is 18.5. The van der Waals surface area contributed by atoms with Crippen molar-refractivity contribution in [3.63, 3.8) is 0 Å². The quantitative estimate of drug-likeness (QED) is 0.748. The molecule has 0 aliphatic heterocycles. The van der Waals surface area contributed by atoms with Crippen LogP contribution in [0.5, 0.6) is 0 Å². The number of halogens is 1. The first-order valence-electron chi connectivity index (χ1n) is 7.64. The number of nitrogens with one attached hydrogen (secondary N) is 1. The maximum atomic E-state index is 12.8. The zero-order chi connectivity index (χ0) is 16.9. The molecule has 4 nitrogen and oxygen atoms in total. The van der Waals surface area contributed by atoms with Crippen molar-refractivity contribution in [3.05, 3.63) is 64.9 Å². The van der Waals surface area contributed by atoms with E-state index in [9.17, 15) is 9.18 Å². The Morgan fingerprint density at radius 1 is 1.21 bits per heavy atom. The standard InChI is InChI=1S/C18H18FN3OS/c1-22(12-18-21-15-4-2-3-5-16(15)24-18)11-17(23)20-10-13-6-8-14(19)9-7-13/h2-9H,10-12H2,1H3,(H,20,23). The number of hydrogen-bond acceptors (Lipinski definition) is 4. The van der Waals surface area contributed by atoms with Crippen LogP contribution in [-0.2, 0) is 17.9 Å². The van der Waals surface area contributed by atoms with E-state index in [0.29, 0.717) is 13.1 Å². The minimum absolute atomic E-state index is 0.0667. The molecule has 0 aliphatic carbocycles. The highest BCUT2D eigenvalue weighted by Crippen LogP contribution is 2.22. The van der Waals surface area contributed by atoms with Crippen molar-refractivity contribution in [1.29, 1.82) is 0 Å². The molecule has 0 bridgehead atoms. The molecule has 1 amide bonds. The molecule has 24 heavy (non-hydrogen) atoms. The lowest BCUT2D eigenvalue weighted by atomic mass is 10.2. The van der Waals surface area contributed by atoms with Crippen LogP contribution in [0.15, 0.2) is 48.5 Å². The highest BCUT2D eigenvalue weighted by atomic mass is 32.1. The lowest BCUT2D eigenvalue weighted by Gasteiger charge is -2.14. The van der Waals surface area contributed by atoms with Crippen LogP contribution >= 0.6 is 11.3 Å². The smallest absolute Gasteiger partial charge is 0.234 e. The Morgan fingerprint density at radius 2 is 1.96 bits per heavy atom. The second-order valence-corrected chi connectivity index (χ2v) is 6.77. The molecule has 0 atom stereocenters. The predicted molar refractivity (Wildman–Crippen MR) is 94.2 cm³/mol. The molecule has 0 spiro atoms. The lowest BCUT2D eigenvalue weighted by molar-refractivity contribution is -0.122. The van der Waals surface area contributed by atoms with E-state index in [1.807, 2.05) is 36.2 Å². The van der Waals surface area contributed by atoms with Crippen LogP contribution in [0.2, 0.25) is 0 Å². The van der Waals surface area contributed by atoms with Gasteiger partial charge in [0.2, 0.25) is 5.91 Å². The molecule has 3 aromatic rings. The van der Waals surface area contributed by atoms with Crippen LogP contribution in [0.3, 0.4) is 0 Å². The number of nitrogens with zero attached hydrogens (tertiary/aromatic N) is 2. The summed E-state index contributed by atoms with van der Waals surface area (Å²) in [7, 11) is 1.89. The van der Waals surface area contributed by atoms with Crippen molar-refractivity contribution in [2.24, 2.45) is 0 Å². The first-order valence-corrected chi connectivity index (χ1v) is 8.46. The fourth-order valence-electron chi connectivity index (χ4n) is 2.38. The second kappa shape index (κ2) is 7.51. The zero-order valence-electron chi connectivity index (χ0n) is 13.3. The number of likely N-dealkylation sites (N-methyl/N-ethyl adjacent to an activating group) is 1. The van der Waals surface area contributed by atoms with E-state index in [-0.39, 0.29) is 18.3 Å². The van der Waals surface area contributed by atoms with Gasteiger partial charge in [0.1, 0.15) is 10.8 Å². The summed E-state index contributed by atoms with van der Waals surface area (Å²) >= 11 is 1.64. The minimum atomic E-state index is -0.277. The number of carbonyl (C=O) groups is 1. The van der Waals surface area contributed by atoms with Crippen molar-refractivity contribution < 1.29 is 9.18 Å². The van der Waals surface area contributed by atoms with E-state index in [1.54, 1.807) is 23.5 Å². The molecule has 3 rings (SSSR count). The van der Waals surface area contributed by atoms with Gasteiger partial charge in [-0.3, -0.25) is 9.69 Å². The van der Waals surface area contributed by atoms with Gasteiger partial charge in [-0.25, -0.2) is 9.37 Å². The van der Waals surface area contributed by atoms with Crippen LogP contribution in [-0.4, -0.2) is 29.4 Å². The summed E-state index contributed by atoms with van der Waals surface area (Å²) in [6.07, 6.45) is 0. The van der Waals surface area contributed by atoms with Crippen LogP contribution in [0, 0.1) is 5.82 Å². The summed E-state index contributed by atoms with van der Waals surface area (Å²) in [5.74, 6) is -0.344. The third-order valence-corrected chi connectivity index (χ3v) is 4.58. The van der Waals surface area contributed by atoms with Crippen molar-refractivity contribution >= 4 is 27.5 Å². The van der Waals surface area contributed by atoms with Gasteiger partial charge in [-0.2, -0.15) is 0 Å². The Bertz CT molecular complexity index is 799. The van der Waals surface area contributed by atoms with Gasteiger partial charge in [0, 0.05) is 6.54 Å². The third kappa shape index (κ3) is 4.37. The molecule has 2 aromatic carbocycles. The fraction of sp³-hybridized carbons (Fsp3) is 0.222. The van der Waals surface area contributed by atoms with Gasteiger partial charge in [0.25, 0.3) is 0 Å². The second-order valence-electron chi connectivity index (χ2n) is 5.65. The van der Waals surface area contributed by atoms with E-state index < -0.39 is 0 Å². The molecular weight excluding hydrogens is 325 g/mol. The molecule has 0 fully saturated rings. The first-order chi connectivity index (χ1) is 11.6. The van der Waals surface area contributed by atoms with E-state index in [0.717, 1.165) is 20.8 Å².